The molecule has 0 heterocycles. The van der Waals surface area contributed by atoms with Crippen LogP contribution >= 0.6 is 0 Å². The average Bonchev–Trinajstić information content (AvgIpc) is 1.97. The van der Waals surface area contributed by atoms with E-state index in [9.17, 15) is 9.59 Å². The van der Waals surface area contributed by atoms with Gasteiger partial charge in [-0.2, -0.15) is 0 Å². The summed E-state index contributed by atoms with van der Waals surface area (Å²) >= 11 is 0. The Morgan fingerprint density at radius 1 is 1.27 bits per heavy atom. The zero-order valence-electron chi connectivity index (χ0n) is 6.05. The van der Waals surface area contributed by atoms with E-state index >= 15 is 0 Å². The quantitative estimate of drug-likeness (QED) is 0.445. The fraction of sp³-hybridized carbons (Fsp3) is 0.143. The number of carbonyl (C=O) groups excluding carboxylic acids is 2. The van der Waals surface area contributed by atoms with E-state index in [0.29, 0.717) is 0 Å². The summed E-state index contributed by atoms with van der Waals surface area (Å²) in [6.07, 6.45) is 1.05. The van der Waals surface area contributed by atoms with Crippen LogP contribution in [0.3, 0.4) is 0 Å². The molecule has 0 aliphatic heterocycles. The van der Waals surface area contributed by atoms with E-state index in [0.717, 1.165) is 6.08 Å². The number of allylic oxidation sites excluding steroid dienone is 2. The molecule has 0 atom stereocenters. The van der Waals surface area contributed by atoms with E-state index in [2.05, 4.69) is 0 Å². The summed E-state index contributed by atoms with van der Waals surface area (Å²) in [7, 11) is 0. The molecule has 4 heteroatoms. The third-order valence-electron chi connectivity index (χ3n) is 1.56. The van der Waals surface area contributed by atoms with Crippen LogP contribution in [0.15, 0.2) is 23.0 Å². The first-order valence-electron chi connectivity index (χ1n) is 3.06. The van der Waals surface area contributed by atoms with Gasteiger partial charge in [0, 0.05) is 11.6 Å². The SMILES string of the molecule is CC1=C(N)C(=O)C=C(N)C1=O. The van der Waals surface area contributed by atoms with Gasteiger partial charge in [-0.3, -0.25) is 9.59 Å². The summed E-state index contributed by atoms with van der Waals surface area (Å²) in [6, 6.07) is 0. The van der Waals surface area contributed by atoms with Gasteiger partial charge in [0.25, 0.3) is 0 Å². The maximum absolute atomic E-state index is 11.0. The third-order valence-corrected chi connectivity index (χ3v) is 1.56. The van der Waals surface area contributed by atoms with E-state index in [1.807, 2.05) is 0 Å². The molecule has 0 fully saturated rings. The van der Waals surface area contributed by atoms with Crippen LogP contribution < -0.4 is 11.5 Å². The van der Waals surface area contributed by atoms with Gasteiger partial charge < -0.3 is 11.5 Å². The van der Waals surface area contributed by atoms with Crippen LogP contribution in [-0.2, 0) is 9.59 Å². The smallest absolute Gasteiger partial charge is 0.206 e. The highest BCUT2D eigenvalue weighted by molar-refractivity contribution is 6.21. The Kier molecular flexibility index (Phi) is 1.53. The maximum atomic E-state index is 11.0. The molecule has 1 aliphatic rings. The highest BCUT2D eigenvalue weighted by Crippen LogP contribution is 2.11. The zero-order chi connectivity index (χ0) is 8.59. The van der Waals surface area contributed by atoms with Crippen LogP contribution in [0, 0.1) is 0 Å². The van der Waals surface area contributed by atoms with Gasteiger partial charge >= 0.3 is 0 Å². The first kappa shape index (κ1) is 7.53. The summed E-state index contributed by atoms with van der Waals surface area (Å²) in [6.45, 7) is 1.48. The second-order valence-corrected chi connectivity index (χ2v) is 2.33. The lowest BCUT2D eigenvalue weighted by Gasteiger charge is -2.09. The van der Waals surface area contributed by atoms with Gasteiger partial charge in [-0.1, -0.05) is 0 Å². The first-order chi connectivity index (χ1) is 5.04. The van der Waals surface area contributed by atoms with Gasteiger partial charge in [0.2, 0.25) is 11.6 Å². The number of carbonyl (C=O) groups is 2. The molecular weight excluding hydrogens is 144 g/mol. The Morgan fingerprint density at radius 3 is 2.36 bits per heavy atom. The summed E-state index contributed by atoms with van der Waals surface area (Å²) in [4.78, 5) is 21.9. The van der Waals surface area contributed by atoms with Crippen LogP contribution in [-0.4, -0.2) is 11.6 Å². The Morgan fingerprint density at radius 2 is 1.82 bits per heavy atom. The topological polar surface area (TPSA) is 86.2 Å². The van der Waals surface area contributed by atoms with Crippen molar-refractivity contribution in [2.45, 2.75) is 6.92 Å². The molecule has 0 unspecified atom stereocenters. The van der Waals surface area contributed by atoms with Gasteiger partial charge in [-0.25, -0.2) is 0 Å². The second-order valence-electron chi connectivity index (χ2n) is 2.33. The Labute approximate surface area is 63.5 Å². The summed E-state index contributed by atoms with van der Waals surface area (Å²) in [5.74, 6) is -0.748. The molecule has 0 aromatic carbocycles. The number of hydrogen-bond donors (Lipinski definition) is 2. The molecule has 0 radical (unpaired) electrons. The van der Waals surface area contributed by atoms with Crippen LogP contribution in [0.25, 0.3) is 0 Å². The second kappa shape index (κ2) is 2.23. The van der Waals surface area contributed by atoms with Gasteiger partial charge in [0.15, 0.2) is 0 Å². The maximum Gasteiger partial charge on any atom is 0.206 e. The van der Waals surface area contributed by atoms with E-state index in [1.165, 1.54) is 6.92 Å². The molecule has 0 spiro atoms. The molecule has 58 valence electrons. The standard InChI is InChI=1S/C7H8N2O2/c1-3-6(9)5(10)2-4(8)7(3)11/h2H,8-9H2,1H3. The highest BCUT2D eigenvalue weighted by Gasteiger charge is 2.21. The molecule has 11 heavy (non-hydrogen) atoms. The minimum Gasteiger partial charge on any atom is -0.395 e. The van der Waals surface area contributed by atoms with E-state index in [-0.39, 0.29) is 28.5 Å². The Bertz CT molecular complexity index is 300. The average molecular weight is 152 g/mol. The number of Topliss-reactive ketones (excluding diaryl/α,β-unsaturated/α-hetero) is 1. The first-order valence-corrected chi connectivity index (χ1v) is 3.06. The minimum atomic E-state index is -0.389. The molecule has 0 saturated carbocycles. The predicted octanol–water partition coefficient (Wildman–Crippen LogP) is -0.786. The molecule has 4 nitrogen and oxygen atoms in total. The van der Waals surface area contributed by atoms with Gasteiger partial charge in [0.1, 0.15) is 0 Å². The molecule has 0 aromatic heterocycles. The van der Waals surface area contributed by atoms with Crippen molar-refractivity contribution in [2.75, 3.05) is 0 Å². The number of rotatable bonds is 0. The van der Waals surface area contributed by atoms with Crippen LogP contribution in [0.1, 0.15) is 6.92 Å². The van der Waals surface area contributed by atoms with Crippen molar-refractivity contribution in [1.82, 2.24) is 0 Å². The summed E-state index contributed by atoms with van der Waals surface area (Å²) in [5, 5.41) is 0. The summed E-state index contributed by atoms with van der Waals surface area (Å²) in [5.41, 5.74) is 10.7. The monoisotopic (exact) mass is 152 g/mol. The van der Waals surface area contributed by atoms with E-state index in [4.69, 9.17) is 11.5 Å². The lowest BCUT2D eigenvalue weighted by atomic mass is 10.00. The third kappa shape index (κ3) is 1.02. The lowest BCUT2D eigenvalue weighted by molar-refractivity contribution is -0.115. The van der Waals surface area contributed by atoms with Crippen molar-refractivity contribution < 1.29 is 9.59 Å². The fourth-order valence-electron chi connectivity index (χ4n) is 0.808. The van der Waals surface area contributed by atoms with Gasteiger partial charge in [0.05, 0.1) is 11.4 Å². The normalized spacial score (nSPS) is 18.8. The highest BCUT2D eigenvalue weighted by atomic mass is 16.1. The van der Waals surface area contributed by atoms with Gasteiger partial charge in [-0.05, 0) is 6.92 Å². The zero-order valence-corrected chi connectivity index (χ0v) is 6.05. The lowest BCUT2D eigenvalue weighted by Crippen LogP contribution is -2.25. The van der Waals surface area contributed by atoms with E-state index < -0.39 is 0 Å². The van der Waals surface area contributed by atoms with Crippen molar-refractivity contribution in [3.63, 3.8) is 0 Å². The van der Waals surface area contributed by atoms with E-state index in [1.54, 1.807) is 0 Å². The molecule has 1 rings (SSSR count). The molecule has 0 bridgehead atoms. The number of nitrogens with two attached hydrogens (primary N) is 2. The van der Waals surface area contributed by atoms with Crippen molar-refractivity contribution in [1.29, 1.82) is 0 Å². The molecule has 4 N–H and O–H groups in total. The molecular formula is C7H8N2O2. The van der Waals surface area contributed by atoms with Crippen molar-refractivity contribution in [3.8, 4) is 0 Å². The summed E-state index contributed by atoms with van der Waals surface area (Å²) < 4.78 is 0. The fourth-order valence-corrected chi connectivity index (χ4v) is 0.808. The molecule has 0 saturated heterocycles. The number of ketones is 2. The van der Waals surface area contributed by atoms with Gasteiger partial charge in [-0.15, -0.1) is 0 Å². The largest absolute Gasteiger partial charge is 0.395 e. The minimum absolute atomic E-state index is 0.01000. The van der Waals surface area contributed by atoms with Crippen molar-refractivity contribution in [3.05, 3.63) is 23.0 Å². The van der Waals surface area contributed by atoms with Crippen LogP contribution in [0.4, 0.5) is 0 Å². The van der Waals surface area contributed by atoms with Crippen molar-refractivity contribution >= 4 is 11.6 Å². The van der Waals surface area contributed by atoms with Crippen molar-refractivity contribution in [2.24, 2.45) is 11.5 Å². The Hall–Kier alpha value is -1.58. The molecule has 0 amide bonds. The van der Waals surface area contributed by atoms with Crippen LogP contribution in [0.2, 0.25) is 0 Å². The predicted molar refractivity (Wildman–Crippen MR) is 39.2 cm³/mol. The Balaban J connectivity index is 3.19. The van der Waals surface area contributed by atoms with Crippen LogP contribution in [0.5, 0.6) is 0 Å². The molecule has 0 aromatic rings. The molecule has 1 aliphatic carbocycles. The number of hydrogen-bond acceptors (Lipinski definition) is 4.